The highest BCUT2D eigenvalue weighted by atomic mass is 35.5. The zero-order chi connectivity index (χ0) is 20.6. The molecular formula is C19H28ClN3O4S. The number of amides is 1. The van der Waals surface area contributed by atoms with E-state index < -0.39 is 15.6 Å². The number of hydrogen-bond donors (Lipinski definition) is 0. The lowest BCUT2D eigenvalue weighted by atomic mass is 9.73. The van der Waals surface area contributed by atoms with Gasteiger partial charge in [-0.2, -0.15) is 4.31 Å². The summed E-state index contributed by atoms with van der Waals surface area (Å²) >= 11 is 5.78. The van der Waals surface area contributed by atoms with Crippen LogP contribution in [0.4, 0.5) is 4.79 Å². The largest absolute Gasteiger partial charge is 0.444 e. The summed E-state index contributed by atoms with van der Waals surface area (Å²) in [7, 11) is -3.60. The van der Waals surface area contributed by atoms with Crippen LogP contribution in [0.1, 0.15) is 46.5 Å². The Bertz CT molecular complexity index is 813. The van der Waals surface area contributed by atoms with Gasteiger partial charge < -0.3 is 9.64 Å². The molecule has 0 saturated carbocycles. The summed E-state index contributed by atoms with van der Waals surface area (Å²) in [6.07, 6.45) is 4.35. The van der Waals surface area contributed by atoms with E-state index in [1.807, 2.05) is 20.8 Å². The molecule has 0 aromatic carbocycles. The fourth-order valence-electron chi connectivity index (χ4n) is 3.93. The Kier molecular flexibility index (Phi) is 5.94. The molecule has 3 rings (SSSR count). The van der Waals surface area contributed by atoms with Gasteiger partial charge >= 0.3 is 6.09 Å². The first kappa shape index (κ1) is 21.3. The first-order valence-corrected chi connectivity index (χ1v) is 11.4. The van der Waals surface area contributed by atoms with Crippen LogP contribution in [-0.4, -0.2) is 60.5 Å². The van der Waals surface area contributed by atoms with E-state index in [4.69, 9.17) is 16.3 Å². The molecule has 0 N–H and O–H groups in total. The molecule has 3 heterocycles. The molecule has 2 aliphatic heterocycles. The maximum absolute atomic E-state index is 13.0. The maximum atomic E-state index is 13.0. The van der Waals surface area contributed by atoms with Gasteiger partial charge in [-0.15, -0.1) is 0 Å². The van der Waals surface area contributed by atoms with E-state index in [-0.39, 0.29) is 21.6 Å². The molecule has 0 atom stereocenters. The van der Waals surface area contributed by atoms with Crippen molar-refractivity contribution in [3.8, 4) is 0 Å². The molecule has 2 fully saturated rings. The monoisotopic (exact) mass is 429 g/mol. The minimum Gasteiger partial charge on any atom is -0.444 e. The topological polar surface area (TPSA) is 79.8 Å². The standard InChI is InChI=1S/C19H28ClN3O4S/c1-18(2,3)27-17(24)22-11-8-19(9-12-22)7-4-10-23(14-19)28(25,26)15-5-6-16(20)21-13-15/h5-6,13H,4,7-12,14H2,1-3H3. The first-order chi connectivity index (χ1) is 13.0. The summed E-state index contributed by atoms with van der Waals surface area (Å²) in [6.45, 7) is 7.71. The van der Waals surface area contributed by atoms with Crippen molar-refractivity contribution in [2.75, 3.05) is 26.2 Å². The number of halogens is 1. The van der Waals surface area contributed by atoms with E-state index >= 15 is 0 Å². The Morgan fingerprint density at radius 3 is 2.43 bits per heavy atom. The van der Waals surface area contributed by atoms with Crippen LogP contribution in [0, 0.1) is 5.41 Å². The molecule has 28 heavy (non-hydrogen) atoms. The number of aromatic nitrogens is 1. The number of hydrogen-bond acceptors (Lipinski definition) is 5. The Morgan fingerprint density at radius 1 is 1.18 bits per heavy atom. The van der Waals surface area contributed by atoms with Crippen molar-refractivity contribution in [1.82, 2.24) is 14.2 Å². The summed E-state index contributed by atoms with van der Waals surface area (Å²) in [6, 6.07) is 2.99. The lowest BCUT2D eigenvalue weighted by Crippen LogP contribution is -2.52. The third-order valence-corrected chi connectivity index (χ3v) is 7.49. The number of sulfonamides is 1. The molecule has 7 nitrogen and oxygen atoms in total. The highest BCUT2D eigenvalue weighted by Crippen LogP contribution is 2.41. The van der Waals surface area contributed by atoms with Crippen LogP contribution in [0.5, 0.6) is 0 Å². The number of piperidine rings is 2. The molecule has 0 bridgehead atoms. The molecule has 2 aliphatic rings. The predicted molar refractivity (Wildman–Crippen MR) is 107 cm³/mol. The van der Waals surface area contributed by atoms with Gasteiger partial charge in [0.2, 0.25) is 10.0 Å². The Balaban J connectivity index is 1.67. The van der Waals surface area contributed by atoms with E-state index in [0.717, 1.165) is 25.7 Å². The van der Waals surface area contributed by atoms with Crippen LogP contribution in [0.25, 0.3) is 0 Å². The molecule has 0 unspecified atom stereocenters. The van der Waals surface area contributed by atoms with Crippen LogP contribution in [0.15, 0.2) is 23.2 Å². The molecule has 1 amide bonds. The molecule has 1 aromatic heterocycles. The van der Waals surface area contributed by atoms with E-state index in [2.05, 4.69) is 4.98 Å². The molecule has 0 aliphatic carbocycles. The molecule has 1 aromatic rings. The second kappa shape index (κ2) is 7.80. The molecule has 0 radical (unpaired) electrons. The first-order valence-electron chi connectivity index (χ1n) is 9.61. The number of nitrogens with zero attached hydrogens (tertiary/aromatic N) is 3. The summed E-state index contributed by atoms with van der Waals surface area (Å²) in [5.74, 6) is 0. The smallest absolute Gasteiger partial charge is 0.410 e. The van der Waals surface area contributed by atoms with E-state index in [1.165, 1.54) is 18.3 Å². The van der Waals surface area contributed by atoms with Gasteiger partial charge in [0.25, 0.3) is 0 Å². The SMILES string of the molecule is CC(C)(C)OC(=O)N1CCC2(CCCN(S(=O)(=O)c3ccc(Cl)nc3)C2)CC1. The van der Waals surface area contributed by atoms with Gasteiger partial charge in [-0.3, -0.25) is 0 Å². The predicted octanol–water partition coefficient (Wildman–Crippen LogP) is 3.54. The van der Waals surface area contributed by atoms with Crippen molar-refractivity contribution < 1.29 is 17.9 Å². The summed E-state index contributed by atoms with van der Waals surface area (Å²) in [5, 5.41) is 0.267. The fraction of sp³-hybridized carbons (Fsp3) is 0.684. The highest BCUT2D eigenvalue weighted by Gasteiger charge is 2.43. The molecule has 2 saturated heterocycles. The average molecular weight is 430 g/mol. The highest BCUT2D eigenvalue weighted by molar-refractivity contribution is 7.89. The molecule has 156 valence electrons. The van der Waals surface area contributed by atoms with Crippen LogP contribution < -0.4 is 0 Å². The number of likely N-dealkylation sites (tertiary alicyclic amines) is 1. The Morgan fingerprint density at radius 2 is 1.86 bits per heavy atom. The van der Waals surface area contributed by atoms with Gasteiger partial charge in [0.15, 0.2) is 0 Å². The summed E-state index contributed by atoms with van der Waals surface area (Å²) in [5.41, 5.74) is -0.613. The summed E-state index contributed by atoms with van der Waals surface area (Å²) < 4.78 is 33.0. The maximum Gasteiger partial charge on any atom is 0.410 e. The minimum atomic E-state index is -3.60. The second-order valence-electron chi connectivity index (χ2n) is 8.73. The van der Waals surface area contributed by atoms with Gasteiger partial charge in [0.05, 0.1) is 0 Å². The number of rotatable bonds is 2. The van der Waals surface area contributed by atoms with Crippen LogP contribution >= 0.6 is 11.6 Å². The van der Waals surface area contributed by atoms with Crippen molar-refractivity contribution in [1.29, 1.82) is 0 Å². The van der Waals surface area contributed by atoms with Crippen LogP contribution in [0.2, 0.25) is 5.15 Å². The van der Waals surface area contributed by atoms with E-state index in [1.54, 1.807) is 9.21 Å². The lowest BCUT2D eigenvalue weighted by Gasteiger charge is -2.47. The average Bonchev–Trinajstić information content (AvgIpc) is 2.61. The van der Waals surface area contributed by atoms with Crippen LogP contribution in [-0.2, 0) is 14.8 Å². The number of carbonyl (C=O) groups is 1. The molecule has 1 spiro atoms. The number of pyridine rings is 1. The van der Waals surface area contributed by atoms with Crippen molar-refractivity contribution in [3.63, 3.8) is 0 Å². The number of ether oxygens (including phenoxy) is 1. The van der Waals surface area contributed by atoms with E-state index in [0.29, 0.717) is 26.2 Å². The summed E-state index contributed by atoms with van der Waals surface area (Å²) in [4.78, 5) is 18.1. The van der Waals surface area contributed by atoms with Gasteiger partial charge in [0.1, 0.15) is 15.6 Å². The second-order valence-corrected chi connectivity index (χ2v) is 11.1. The van der Waals surface area contributed by atoms with Gasteiger partial charge in [0, 0.05) is 32.4 Å². The van der Waals surface area contributed by atoms with Crippen molar-refractivity contribution in [2.24, 2.45) is 5.41 Å². The zero-order valence-corrected chi connectivity index (χ0v) is 18.2. The lowest BCUT2D eigenvalue weighted by molar-refractivity contribution is 0.00173. The normalized spacial score (nSPS) is 20.9. The fourth-order valence-corrected chi connectivity index (χ4v) is 5.58. The van der Waals surface area contributed by atoms with Gasteiger partial charge in [-0.05, 0) is 64.0 Å². The quantitative estimate of drug-likeness (QED) is 0.672. The van der Waals surface area contributed by atoms with Crippen LogP contribution in [0.3, 0.4) is 0 Å². The molecule has 9 heteroatoms. The minimum absolute atomic E-state index is 0.0936. The van der Waals surface area contributed by atoms with Crippen molar-refractivity contribution in [3.05, 3.63) is 23.5 Å². The van der Waals surface area contributed by atoms with Crippen molar-refractivity contribution in [2.45, 2.75) is 57.0 Å². The Labute approximate surface area is 172 Å². The van der Waals surface area contributed by atoms with Gasteiger partial charge in [-0.25, -0.2) is 18.2 Å². The Hall–Kier alpha value is -1.38. The van der Waals surface area contributed by atoms with Crippen molar-refractivity contribution >= 4 is 27.7 Å². The third kappa shape index (κ3) is 4.78. The molecular weight excluding hydrogens is 402 g/mol. The zero-order valence-electron chi connectivity index (χ0n) is 16.6. The third-order valence-electron chi connectivity index (χ3n) is 5.44. The van der Waals surface area contributed by atoms with Gasteiger partial charge in [-0.1, -0.05) is 11.6 Å². The van der Waals surface area contributed by atoms with E-state index in [9.17, 15) is 13.2 Å². The number of carbonyl (C=O) groups excluding carboxylic acids is 1.